The van der Waals surface area contributed by atoms with Crippen molar-refractivity contribution < 1.29 is 9.90 Å². The molecule has 1 heterocycles. The second-order valence-electron chi connectivity index (χ2n) is 5.52. The van der Waals surface area contributed by atoms with Crippen LogP contribution in [0, 0.1) is 5.41 Å². The van der Waals surface area contributed by atoms with Gasteiger partial charge in [0.1, 0.15) is 0 Å². The standard InChI is InChI=1S/C16H23NO2/c1-2-16(10-12-18)9-6-11-17(13-16)15(19)14-7-4-3-5-8-14/h3-5,7-8,18H,2,6,9-13H2,1H3/t16-/m0/s1. The number of hydrogen-bond donors (Lipinski definition) is 1. The second kappa shape index (κ2) is 6.20. The Bertz CT molecular complexity index is 414. The number of aliphatic hydroxyl groups is 1. The third kappa shape index (κ3) is 3.16. The molecule has 0 spiro atoms. The van der Waals surface area contributed by atoms with Crippen LogP contribution >= 0.6 is 0 Å². The lowest BCUT2D eigenvalue weighted by molar-refractivity contribution is 0.0411. The first-order valence-electron chi connectivity index (χ1n) is 7.16. The number of hydrogen-bond acceptors (Lipinski definition) is 2. The van der Waals surface area contributed by atoms with Crippen molar-refractivity contribution in [1.29, 1.82) is 0 Å². The van der Waals surface area contributed by atoms with Gasteiger partial charge in [0.15, 0.2) is 0 Å². The predicted molar refractivity (Wildman–Crippen MR) is 76.0 cm³/mol. The summed E-state index contributed by atoms with van der Waals surface area (Å²) in [5.74, 6) is 0.121. The number of carbonyl (C=O) groups excluding carboxylic acids is 1. The van der Waals surface area contributed by atoms with Crippen LogP contribution in [0.25, 0.3) is 0 Å². The summed E-state index contributed by atoms with van der Waals surface area (Å²) < 4.78 is 0. The molecule has 0 unspecified atom stereocenters. The Morgan fingerprint density at radius 2 is 2.11 bits per heavy atom. The average Bonchev–Trinajstić information content (AvgIpc) is 2.48. The summed E-state index contributed by atoms with van der Waals surface area (Å²) in [6, 6.07) is 9.47. The van der Waals surface area contributed by atoms with Gasteiger partial charge in [-0.15, -0.1) is 0 Å². The van der Waals surface area contributed by atoms with Crippen LogP contribution in [-0.4, -0.2) is 35.6 Å². The number of piperidine rings is 1. The van der Waals surface area contributed by atoms with Gasteiger partial charge >= 0.3 is 0 Å². The highest BCUT2D eigenvalue weighted by atomic mass is 16.3. The van der Waals surface area contributed by atoms with Crippen LogP contribution in [0.3, 0.4) is 0 Å². The maximum absolute atomic E-state index is 12.5. The van der Waals surface area contributed by atoms with E-state index in [1.807, 2.05) is 35.2 Å². The fraction of sp³-hybridized carbons (Fsp3) is 0.562. The van der Waals surface area contributed by atoms with Gasteiger partial charge in [0.2, 0.25) is 0 Å². The van der Waals surface area contributed by atoms with Gasteiger partial charge in [0, 0.05) is 25.3 Å². The van der Waals surface area contributed by atoms with Crippen LogP contribution < -0.4 is 0 Å². The Balaban J connectivity index is 2.11. The second-order valence-corrected chi connectivity index (χ2v) is 5.52. The molecule has 1 fully saturated rings. The van der Waals surface area contributed by atoms with Crippen molar-refractivity contribution in [3.05, 3.63) is 35.9 Å². The van der Waals surface area contributed by atoms with Gasteiger partial charge in [-0.05, 0) is 43.2 Å². The van der Waals surface area contributed by atoms with Crippen LogP contribution in [-0.2, 0) is 0 Å². The van der Waals surface area contributed by atoms with E-state index >= 15 is 0 Å². The molecule has 1 aliphatic rings. The van der Waals surface area contributed by atoms with Crippen molar-refractivity contribution in [2.75, 3.05) is 19.7 Å². The first-order chi connectivity index (χ1) is 9.21. The summed E-state index contributed by atoms with van der Waals surface area (Å²) in [4.78, 5) is 14.4. The van der Waals surface area contributed by atoms with Crippen molar-refractivity contribution in [2.45, 2.75) is 32.6 Å². The number of amides is 1. The lowest BCUT2D eigenvalue weighted by atomic mass is 9.75. The Hall–Kier alpha value is -1.35. The summed E-state index contributed by atoms with van der Waals surface area (Å²) in [5, 5.41) is 9.25. The van der Waals surface area contributed by atoms with E-state index in [4.69, 9.17) is 0 Å². The lowest BCUT2D eigenvalue weighted by Gasteiger charge is -2.42. The Morgan fingerprint density at radius 1 is 1.37 bits per heavy atom. The fourth-order valence-corrected chi connectivity index (χ4v) is 3.05. The van der Waals surface area contributed by atoms with Gasteiger partial charge in [-0.25, -0.2) is 0 Å². The molecule has 1 aromatic rings. The molecule has 0 radical (unpaired) electrons. The van der Waals surface area contributed by atoms with Gasteiger partial charge in [-0.3, -0.25) is 4.79 Å². The van der Waals surface area contributed by atoms with E-state index in [2.05, 4.69) is 6.92 Å². The van der Waals surface area contributed by atoms with E-state index in [9.17, 15) is 9.90 Å². The molecule has 1 N–H and O–H groups in total. The summed E-state index contributed by atoms with van der Waals surface area (Å²) in [6.07, 6.45) is 3.96. The van der Waals surface area contributed by atoms with Crippen molar-refractivity contribution in [3.8, 4) is 0 Å². The summed E-state index contributed by atoms with van der Waals surface area (Å²) in [7, 11) is 0. The van der Waals surface area contributed by atoms with Gasteiger partial charge in [-0.2, -0.15) is 0 Å². The first kappa shape index (κ1) is 14.1. The number of aliphatic hydroxyl groups excluding tert-OH is 1. The molecule has 0 saturated carbocycles. The highest BCUT2D eigenvalue weighted by Crippen LogP contribution is 2.36. The first-order valence-corrected chi connectivity index (χ1v) is 7.16. The Labute approximate surface area is 115 Å². The zero-order valence-corrected chi connectivity index (χ0v) is 11.6. The third-order valence-electron chi connectivity index (χ3n) is 4.36. The lowest BCUT2D eigenvalue weighted by Crippen LogP contribution is -2.46. The Kier molecular flexibility index (Phi) is 4.59. The summed E-state index contributed by atoms with van der Waals surface area (Å²) in [6.45, 7) is 3.98. The quantitative estimate of drug-likeness (QED) is 0.905. The number of likely N-dealkylation sites (tertiary alicyclic amines) is 1. The average molecular weight is 261 g/mol. The van der Waals surface area contributed by atoms with Crippen LogP contribution in [0.2, 0.25) is 0 Å². The van der Waals surface area contributed by atoms with Gasteiger partial charge in [0.25, 0.3) is 5.91 Å². The molecule has 1 aromatic carbocycles. The Morgan fingerprint density at radius 3 is 2.74 bits per heavy atom. The third-order valence-corrected chi connectivity index (χ3v) is 4.36. The maximum atomic E-state index is 12.5. The van der Waals surface area contributed by atoms with Crippen molar-refractivity contribution in [3.63, 3.8) is 0 Å². The predicted octanol–water partition coefficient (Wildman–Crippen LogP) is 2.70. The molecule has 3 nitrogen and oxygen atoms in total. The van der Waals surface area contributed by atoms with Crippen LogP contribution in [0.1, 0.15) is 43.0 Å². The fourth-order valence-electron chi connectivity index (χ4n) is 3.05. The molecule has 104 valence electrons. The maximum Gasteiger partial charge on any atom is 0.253 e. The van der Waals surface area contributed by atoms with Crippen molar-refractivity contribution in [1.82, 2.24) is 4.90 Å². The molecule has 3 heteroatoms. The smallest absolute Gasteiger partial charge is 0.253 e. The molecule has 2 rings (SSSR count). The van der Waals surface area contributed by atoms with E-state index in [1.165, 1.54) is 0 Å². The normalized spacial score (nSPS) is 23.4. The van der Waals surface area contributed by atoms with Gasteiger partial charge in [-0.1, -0.05) is 25.1 Å². The van der Waals surface area contributed by atoms with Crippen molar-refractivity contribution in [2.24, 2.45) is 5.41 Å². The molecular weight excluding hydrogens is 238 g/mol. The zero-order chi connectivity index (χ0) is 13.7. The molecule has 0 aromatic heterocycles. The number of benzene rings is 1. The monoisotopic (exact) mass is 261 g/mol. The van der Waals surface area contributed by atoms with Gasteiger partial charge < -0.3 is 10.0 Å². The topological polar surface area (TPSA) is 40.5 Å². The minimum atomic E-state index is 0.109. The van der Waals surface area contributed by atoms with Crippen molar-refractivity contribution >= 4 is 5.91 Å². The summed E-state index contributed by atoms with van der Waals surface area (Å²) in [5.41, 5.74) is 0.871. The number of nitrogens with zero attached hydrogens (tertiary/aromatic N) is 1. The highest BCUT2D eigenvalue weighted by molar-refractivity contribution is 5.94. The highest BCUT2D eigenvalue weighted by Gasteiger charge is 2.35. The van der Waals surface area contributed by atoms with Crippen LogP contribution in [0.4, 0.5) is 0 Å². The van der Waals surface area contributed by atoms with E-state index < -0.39 is 0 Å². The minimum Gasteiger partial charge on any atom is -0.396 e. The molecule has 1 amide bonds. The molecule has 19 heavy (non-hydrogen) atoms. The van der Waals surface area contributed by atoms with E-state index in [-0.39, 0.29) is 17.9 Å². The van der Waals surface area contributed by atoms with E-state index in [1.54, 1.807) is 0 Å². The zero-order valence-electron chi connectivity index (χ0n) is 11.6. The van der Waals surface area contributed by atoms with E-state index in [0.29, 0.717) is 0 Å². The van der Waals surface area contributed by atoms with E-state index in [0.717, 1.165) is 44.3 Å². The molecular formula is C16H23NO2. The molecule has 0 aliphatic carbocycles. The minimum absolute atomic E-state index is 0.109. The largest absolute Gasteiger partial charge is 0.396 e. The molecule has 1 aliphatic heterocycles. The van der Waals surface area contributed by atoms with Gasteiger partial charge in [0.05, 0.1) is 0 Å². The number of carbonyl (C=O) groups is 1. The van der Waals surface area contributed by atoms with Crippen LogP contribution in [0.15, 0.2) is 30.3 Å². The molecule has 1 atom stereocenters. The molecule has 1 saturated heterocycles. The van der Waals surface area contributed by atoms with Crippen LogP contribution in [0.5, 0.6) is 0 Å². The molecule has 0 bridgehead atoms. The number of rotatable bonds is 4. The summed E-state index contributed by atoms with van der Waals surface area (Å²) >= 11 is 0. The SMILES string of the molecule is CC[C@@]1(CCO)CCCN(C(=O)c2ccccc2)C1.